The van der Waals surface area contributed by atoms with Gasteiger partial charge in [0.05, 0.1) is 17.0 Å². The lowest BCUT2D eigenvalue weighted by atomic mass is 10.2. The molecular weight excluding hydrogens is 232 g/mol. The van der Waals surface area contributed by atoms with E-state index < -0.39 is 9.84 Å². The number of thiazole rings is 1. The molecule has 0 amide bonds. The van der Waals surface area contributed by atoms with Crippen molar-refractivity contribution in [1.82, 2.24) is 10.3 Å². The van der Waals surface area contributed by atoms with Gasteiger partial charge in [0.15, 0.2) is 0 Å². The molecule has 4 nitrogen and oxygen atoms in total. The van der Waals surface area contributed by atoms with Crippen LogP contribution in [-0.4, -0.2) is 32.0 Å². The Morgan fingerprint density at radius 2 is 2.33 bits per heavy atom. The smallest absolute Gasteiger partial charge is 0.147 e. The lowest BCUT2D eigenvalue weighted by Gasteiger charge is -2.10. The monoisotopic (exact) mass is 248 g/mol. The second-order valence-electron chi connectivity index (χ2n) is 3.57. The summed E-state index contributed by atoms with van der Waals surface area (Å²) in [5, 5.41) is 5.23. The highest BCUT2D eigenvalue weighted by Gasteiger charge is 2.07. The zero-order valence-electron chi connectivity index (χ0n) is 8.93. The van der Waals surface area contributed by atoms with E-state index >= 15 is 0 Å². The molecule has 0 saturated carbocycles. The van der Waals surface area contributed by atoms with Gasteiger partial charge in [-0.2, -0.15) is 0 Å². The van der Waals surface area contributed by atoms with Crippen LogP contribution in [0.25, 0.3) is 0 Å². The molecule has 1 aromatic rings. The summed E-state index contributed by atoms with van der Waals surface area (Å²) in [6, 6.07) is 0.191. The van der Waals surface area contributed by atoms with Crippen molar-refractivity contribution in [3.63, 3.8) is 0 Å². The number of sulfone groups is 1. The Bertz CT molecular complexity index is 373. The first-order valence-electron chi connectivity index (χ1n) is 4.78. The average molecular weight is 248 g/mol. The Hall–Kier alpha value is -0.460. The van der Waals surface area contributed by atoms with E-state index in [2.05, 4.69) is 10.3 Å². The molecule has 6 heteroatoms. The fourth-order valence-electron chi connectivity index (χ4n) is 1.19. The van der Waals surface area contributed by atoms with Gasteiger partial charge in [-0.15, -0.1) is 11.3 Å². The van der Waals surface area contributed by atoms with Crippen molar-refractivity contribution in [2.24, 2.45) is 0 Å². The molecule has 1 N–H and O–H groups in total. The van der Waals surface area contributed by atoms with Gasteiger partial charge >= 0.3 is 0 Å². The minimum Gasteiger partial charge on any atom is -0.309 e. The molecule has 0 aliphatic heterocycles. The van der Waals surface area contributed by atoms with Crippen molar-refractivity contribution in [2.45, 2.75) is 19.4 Å². The van der Waals surface area contributed by atoms with Crippen LogP contribution in [0.15, 0.2) is 10.9 Å². The maximum atomic E-state index is 10.9. The van der Waals surface area contributed by atoms with E-state index in [1.165, 1.54) is 6.26 Å². The van der Waals surface area contributed by atoms with Crippen molar-refractivity contribution in [2.75, 3.05) is 18.6 Å². The molecule has 1 atom stereocenters. The minimum absolute atomic E-state index is 0.191. The third-order valence-corrected chi connectivity index (χ3v) is 3.67. The summed E-state index contributed by atoms with van der Waals surface area (Å²) in [6.07, 6.45) is 1.91. The zero-order valence-corrected chi connectivity index (χ0v) is 10.6. The summed E-state index contributed by atoms with van der Waals surface area (Å²) >= 11 is 1.56. The van der Waals surface area contributed by atoms with Crippen molar-refractivity contribution in [1.29, 1.82) is 0 Å². The van der Waals surface area contributed by atoms with E-state index in [-0.39, 0.29) is 11.8 Å². The van der Waals surface area contributed by atoms with E-state index in [1.807, 2.05) is 12.3 Å². The maximum Gasteiger partial charge on any atom is 0.147 e. The zero-order chi connectivity index (χ0) is 11.3. The van der Waals surface area contributed by atoms with Crippen LogP contribution in [0.3, 0.4) is 0 Å². The van der Waals surface area contributed by atoms with Crippen LogP contribution in [0.4, 0.5) is 0 Å². The Morgan fingerprint density at radius 3 is 2.87 bits per heavy atom. The van der Waals surface area contributed by atoms with Gasteiger partial charge in [-0.05, 0) is 19.9 Å². The fraction of sp³-hybridized carbons (Fsp3) is 0.667. The summed E-state index contributed by atoms with van der Waals surface area (Å²) in [7, 11) is -2.83. The number of rotatable bonds is 6. The van der Waals surface area contributed by atoms with Gasteiger partial charge in [0.2, 0.25) is 0 Å². The predicted molar refractivity (Wildman–Crippen MR) is 62.9 cm³/mol. The van der Waals surface area contributed by atoms with Crippen LogP contribution in [0.5, 0.6) is 0 Å². The van der Waals surface area contributed by atoms with Crippen molar-refractivity contribution < 1.29 is 8.42 Å². The minimum atomic E-state index is -2.83. The van der Waals surface area contributed by atoms with Crippen molar-refractivity contribution in [3.8, 4) is 0 Å². The third kappa shape index (κ3) is 5.25. The first-order valence-corrected chi connectivity index (χ1v) is 7.78. The predicted octanol–water partition coefficient (Wildman–Crippen LogP) is 1.23. The van der Waals surface area contributed by atoms with Crippen LogP contribution >= 0.6 is 11.3 Å². The molecule has 0 fully saturated rings. The van der Waals surface area contributed by atoms with Gasteiger partial charge < -0.3 is 5.32 Å². The molecule has 0 spiro atoms. The molecular formula is C9H16N2O2S2. The highest BCUT2D eigenvalue weighted by atomic mass is 32.2. The van der Waals surface area contributed by atoms with E-state index in [0.29, 0.717) is 13.0 Å². The third-order valence-electron chi connectivity index (χ3n) is 2.04. The first kappa shape index (κ1) is 12.6. The van der Waals surface area contributed by atoms with Gasteiger partial charge in [-0.25, -0.2) is 13.4 Å². The molecule has 15 heavy (non-hydrogen) atoms. The SMILES string of the molecule is CC(NCCCS(C)(=O)=O)c1cscn1. The maximum absolute atomic E-state index is 10.9. The van der Waals surface area contributed by atoms with Crippen LogP contribution in [0.2, 0.25) is 0 Å². The van der Waals surface area contributed by atoms with Crippen molar-refractivity contribution >= 4 is 21.2 Å². The summed E-state index contributed by atoms with van der Waals surface area (Å²) < 4.78 is 21.7. The van der Waals surface area contributed by atoms with Crippen LogP contribution in [0, 0.1) is 0 Å². The molecule has 0 aromatic carbocycles. The number of aromatic nitrogens is 1. The highest BCUT2D eigenvalue weighted by Crippen LogP contribution is 2.11. The fourth-order valence-corrected chi connectivity index (χ4v) is 2.51. The van der Waals surface area contributed by atoms with Gasteiger partial charge in [0.1, 0.15) is 9.84 Å². The standard InChI is InChI=1S/C9H16N2O2S2/c1-8(9-6-14-7-11-9)10-4-3-5-15(2,12)13/h6-8,10H,3-5H2,1-2H3. The van der Waals surface area contributed by atoms with Crippen LogP contribution < -0.4 is 5.32 Å². The van der Waals surface area contributed by atoms with Crippen LogP contribution in [-0.2, 0) is 9.84 Å². The quantitative estimate of drug-likeness (QED) is 0.769. The summed E-state index contributed by atoms with van der Waals surface area (Å²) in [5.74, 6) is 0.240. The van der Waals surface area contributed by atoms with Gasteiger partial charge in [0.25, 0.3) is 0 Å². The summed E-state index contributed by atoms with van der Waals surface area (Å²) in [5.41, 5.74) is 2.81. The highest BCUT2D eigenvalue weighted by molar-refractivity contribution is 7.90. The molecule has 1 aromatic heterocycles. The van der Waals surface area contributed by atoms with E-state index in [1.54, 1.807) is 16.8 Å². The molecule has 0 saturated heterocycles. The molecule has 0 bridgehead atoms. The Morgan fingerprint density at radius 1 is 1.60 bits per heavy atom. The van der Waals surface area contributed by atoms with E-state index in [4.69, 9.17) is 0 Å². The summed E-state index contributed by atoms with van der Waals surface area (Å²) in [4.78, 5) is 4.18. The first-order chi connectivity index (χ1) is 6.99. The van der Waals surface area contributed by atoms with E-state index in [9.17, 15) is 8.42 Å². The lowest BCUT2D eigenvalue weighted by molar-refractivity contribution is 0.554. The normalized spacial score (nSPS) is 14.0. The van der Waals surface area contributed by atoms with Crippen molar-refractivity contribution in [3.05, 3.63) is 16.6 Å². The molecule has 1 rings (SSSR count). The topological polar surface area (TPSA) is 59.1 Å². The second kappa shape index (κ2) is 5.58. The Balaban J connectivity index is 2.21. The Labute approximate surface area is 94.7 Å². The Kier molecular flexibility index (Phi) is 4.69. The summed E-state index contributed by atoms with van der Waals surface area (Å²) in [6.45, 7) is 2.72. The van der Waals surface area contributed by atoms with Gasteiger partial charge in [0, 0.05) is 17.7 Å². The molecule has 1 unspecified atom stereocenters. The molecule has 0 radical (unpaired) electrons. The molecule has 0 aliphatic rings. The van der Waals surface area contributed by atoms with Gasteiger partial charge in [-0.3, -0.25) is 0 Å². The largest absolute Gasteiger partial charge is 0.309 e. The number of nitrogens with one attached hydrogen (secondary N) is 1. The molecule has 0 aliphatic carbocycles. The molecule has 1 heterocycles. The molecule has 86 valence electrons. The van der Waals surface area contributed by atoms with Crippen LogP contribution in [0.1, 0.15) is 25.1 Å². The number of hydrogen-bond acceptors (Lipinski definition) is 5. The van der Waals surface area contributed by atoms with E-state index in [0.717, 1.165) is 5.69 Å². The second-order valence-corrected chi connectivity index (χ2v) is 6.55. The lowest BCUT2D eigenvalue weighted by Crippen LogP contribution is -2.22. The van der Waals surface area contributed by atoms with Gasteiger partial charge in [-0.1, -0.05) is 0 Å². The number of hydrogen-bond donors (Lipinski definition) is 1. The number of nitrogens with zero attached hydrogens (tertiary/aromatic N) is 1. The average Bonchev–Trinajstić information content (AvgIpc) is 2.63.